The van der Waals surface area contributed by atoms with E-state index in [-0.39, 0.29) is 34.6 Å². The Hall–Kier alpha value is -1.93. The summed E-state index contributed by atoms with van der Waals surface area (Å²) in [6.45, 7) is 0. The summed E-state index contributed by atoms with van der Waals surface area (Å²) >= 11 is 0. The Labute approximate surface area is 132 Å². The molecule has 8 heteroatoms. The van der Waals surface area contributed by atoms with Gasteiger partial charge in [0.2, 0.25) is 0 Å². The third-order valence-corrected chi connectivity index (χ3v) is 5.96. The molecule has 2 saturated carbocycles. The first-order chi connectivity index (χ1) is 10.8. The number of ether oxygens (including phenoxy) is 2. The van der Waals surface area contributed by atoms with E-state index in [2.05, 4.69) is 0 Å². The highest BCUT2D eigenvalue weighted by Crippen LogP contribution is 2.57. The maximum atomic E-state index is 12.4. The van der Waals surface area contributed by atoms with Crippen molar-refractivity contribution in [1.29, 1.82) is 0 Å². The Morgan fingerprint density at radius 3 is 2.57 bits per heavy atom. The summed E-state index contributed by atoms with van der Waals surface area (Å²) in [4.78, 5) is 24.0. The second-order valence-corrected chi connectivity index (χ2v) is 7.71. The molecule has 0 aromatic heterocycles. The summed E-state index contributed by atoms with van der Waals surface area (Å²) in [5.74, 6) is -1.31. The van der Waals surface area contributed by atoms with Gasteiger partial charge in [-0.2, -0.15) is 8.42 Å². The van der Waals surface area contributed by atoms with Crippen LogP contribution in [0.1, 0.15) is 12.8 Å². The number of carbonyl (C=O) groups is 2. The van der Waals surface area contributed by atoms with Crippen LogP contribution in [0.25, 0.3) is 0 Å². The Balaban J connectivity index is 1.52. The van der Waals surface area contributed by atoms with E-state index in [9.17, 15) is 18.0 Å². The predicted octanol–water partition coefficient (Wildman–Crippen LogP) is 1.04. The second kappa shape index (κ2) is 4.78. The van der Waals surface area contributed by atoms with E-state index in [4.69, 9.17) is 14.0 Å². The van der Waals surface area contributed by atoms with Crippen LogP contribution < -0.4 is 4.74 Å². The number of hydrogen-bond donors (Lipinski definition) is 1. The van der Waals surface area contributed by atoms with Crippen molar-refractivity contribution >= 4 is 22.1 Å². The van der Waals surface area contributed by atoms with E-state index in [1.807, 2.05) is 0 Å². The van der Waals surface area contributed by atoms with Gasteiger partial charge in [-0.3, -0.25) is 14.1 Å². The molecule has 2 bridgehead atoms. The highest BCUT2D eigenvalue weighted by Gasteiger charge is 2.64. The van der Waals surface area contributed by atoms with Crippen LogP contribution in [0.15, 0.2) is 29.2 Å². The van der Waals surface area contributed by atoms with Crippen LogP contribution in [0.2, 0.25) is 0 Å². The van der Waals surface area contributed by atoms with Gasteiger partial charge in [0.05, 0.1) is 16.7 Å². The summed E-state index contributed by atoms with van der Waals surface area (Å²) in [6, 6.07) is 4.89. The SMILES string of the molecule is O=C(Oc1ccc(S(=O)(=O)O)cc1)C1C2CC3OC(=O)C1C3C2. The normalized spacial score (nSPS) is 34.5. The molecule has 4 rings (SSSR count). The minimum atomic E-state index is -4.29. The summed E-state index contributed by atoms with van der Waals surface area (Å²) in [5, 5.41) is 0. The van der Waals surface area contributed by atoms with E-state index in [1.165, 1.54) is 12.1 Å². The van der Waals surface area contributed by atoms with E-state index < -0.39 is 27.9 Å². The van der Waals surface area contributed by atoms with Crippen molar-refractivity contribution in [3.05, 3.63) is 24.3 Å². The monoisotopic (exact) mass is 338 g/mol. The first kappa shape index (κ1) is 14.6. The van der Waals surface area contributed by atoms with Crippen molar-refractivity contribution in [3.63, 3.8) is 0 Å². The third kappa shape index (κ3) is 2.24. The van der Waals surface area contributed by atoms with Crippen LogP contribution in [-0.2, 0) is 24.4 Å². The molecule has 5 atom stereocenters. The number of carbonyl (C=O) groups excluding carboxylic acids is 2. The van der Waals surface area contributed by atoms with Gasteiger partial charge in [-0.15, -0.1) is 0 Å². The van der Waals surface area contributed by atoms with Crippen molar-refractivity contribution in [1.82, 2.24) is 0 Å². The molecule has 23 heavy (non-hydrogen) atoms. The fraction of sp³-hybridized carbons (Fsp3) is 0.467. The van der Waals surface area contributed by atoms with Gasteiger partial charge in [-0.25, -0.2) is 0 Å². The fourth-order valence-electron chi connectivity index (χ4n) is 4.19. The molecule has 1 saturated heterocycles. The van der Waals surface area contributed by atoms with Crippen LogP contribution in [0.4, 0.5) is 0 Å². The molecule has 0 radical (unpaired) electrons. The molecular formula is C15H14O7S. The molecule has 122 valence electrons. The van der Waals surface area contributed by atoms with Crippen molar-refractivity contribution in [2.24, 2.45) is 23.7 Å². The minimum absolute atomic E-state index is 0.0457. The van der Waals surface area contributed by atoms with Gasteiger partial charge >= 0.3 is 11.9 Å². The van der Waals surface area contributed by atoms with Crippen molar-refractivity contribution in [2.45, 2.75) is 23.8 Å². The molecule has 3 fully saturated rings. The van der Waals surface area contributed by atoms with Gasteiger partial charge in [0.1, 0.15) is 11.9 Å². The van der Waals surface area contributed by atoms with E-state index in [0.29, 0.717) is 6.42 Å². The average Bonchev–Trinajstić information content (AvgIpc) is 3.08. The van der Waals surface area contributed by atoms with Gasteiger partial charge in [0.15, 0.2) is 0 Å². The second-order valence-electron chi connectivity index (χ2n) is 6.29. The standard InChI is InChI=1S/C15H14O7S/c16-14(21-8-1-3-9(4-2-8)23(18,19)20)12-7-5-10-11(6-7)22-15(17)13(10)12/h1-4,7,10-13H,5-6H2,(H,18,19,20). The van der Waals surface area contributed by atoms with E-state index in [1.54, 1.807) is 0 Å². The van der Waals surface area contributed by atoms with Crippen molar-refractivity contribution in [3.8, 4) is 5.75 Å². The van der Waals surface area contributed by atoms with Gasteiger partial charge in [-0.05, 0) is 43.0 Å². The lowest BCUT2D eigenvalue weighted by molar-refractivity contribution is -0.149. The summed E-state index contributed by atoms with van der Waals surface area (Å²) < 4.78 is 41.5. The molecule has 1 aliphatic heterocycles. The summed E-state index contributed by atoms with van der Waals surface area (Å²) in [7, 11) is -4.29. The highest BCUT2D eigenvalue weighted by molar-refractivity contribution is 7.85. The number of hydrogen-bond acceptors (Lipinski definition) is 6. The van der Waals surface area contributed by atoms with Crippen LogP contribution in [0.5, 0.6) is 5.75 Å². The number of fused-ring (bicyclic) bond motifs is 1. The number of esters is 2. The minimum Gasteiger partial charge on any atom is -0.462 e. The molecule has 7 nitrogen and oxygen atoms in total. The van der Waals surface area contributed by atoms with Gasteiger partial charge in [0.25, 0.3) is 10.1 Å². The van der Waals surface area contributed by atoms with Crippen LogP contribution in [-0.4, -0.2) is 31.0 Å². The zero-order valence-electron chi connectivity index (χ0n) is 11.9. The van der Waals surface area contributed by atoms with E-state index in [0.717, 1.165) is 18.6 Å². The Bertz CT molecular complexity index is 781. The van der Waals surface area contributed by atoms with E-state index >= 15 is 0 Å². The highest BCUT2D eigenvalue weighted by atomic mass is 32.2. The smallest absolute Gasteiger partial charge is 0.315 e. The molecule has 0 amide bonds. The van der Waals surface area contributed by atoms with Gasteiger partial charge < -0.3 is 9.47 Å². The fourth-order valence-corrected chi connectivity index (χ4v) is 4.67. The largest absolute Gasteiger partial charge is 0.462 e. The quantitative estimate of drug-likeness (QED) is 0.498. The molecule has 1 N–H and O–H groups in total. The average molecular weight is 338 g/mol. The summed E-state index contributed by atoms with van der Waals surface area (Å²) in [5.41, 5.74) is 0. The molecule has 3 aliphatic rings. The first-order valence-corrected chi connectivity index (χ1v) is 8.78. The molecule has 1 aromatic carbocycles. The van der Waals surface area contributed by atoms with Crippen LogP contribution >= 0.6 is 0 Å². The third-order valence-electron chi connectivity index (χ3n) is 5.10. The maximum Gasteiger partial charge on any atom is 0.315 e. The van der Waals surface area contributed by atoms with Gasteiger partial charge in [-0.1, -0.05) is 0 Å². The molecule has 5 unspecified atom stereocenters. The lowest BCUT2D eigenvalue weighted by atomic mass is 9.80. The van der Waals surface area contributed by atoms with Crippen LogP contribution in [0, 0.1) is 23.7 Å². The molecule has 0 spiro atoms. The zero-order valence-corrected chi connectivity index (χ0v) is 12.7. The maximum absolute atomic E-state index is 12.4. The lowest BCUT2D eigenvalue weighted by Gasteiger charge is -2.22. The Morgan fingerprint density at radius 1 is 1.22 bits per heavy atom. The van der Waals surface area contributed by atoms with Crippen molar-refractivity contribution < 1.29 is 32.0 Å². The molecule has 2 aliphatic carbocycles. The first-order valence-electron chi connectivity index (χ1n) is 7.34. The Kier molecular flexibility index (Phi) is 3.05. The van der Waals surface area contributed by atoms with Crippen LogP contribution in [0.3, 0.4) is 0 Å². The van der Waals surface area contributed by atoms with Crippen molar-refractivity contribution in [2.75, 3.05) is 0 Å². The molecule has 1 aromatic rings. The zero-order chi connectivity index (χ0) is 16.4. The summed E-state index contributed by atoms with van der Waals surface area (Å²) in [6.07, 6.45) is 1.47. The topological polar surface area (TPSA) is 107 Å². The molecule has 1 heterocycles. The number of benzene rings is 1. The lowest BCUT2D eigenvalue weighted by Crippen LogP contribution is -2.34. The van der Waals surface area contributed by atoms with Gasteiger partial charge in [0, 0.05) is 5.92 Å². The molecular weight excluding hydrogens is 324 g/mol. The number of rotatable bonds is 3. The Morgan fingerprint density at radius 2 is 1.91 bits per heavy atom. The predicted molar refractivity (Wildman–Crippen MR) is 75.0 cm³/mol.